The number of hydrogen-bond donors (Lipinski definition) is 3. The van der Waals surface area contributed by atoms with Gasteiger partial charge in [0.05, 0.1) is 6.20 Å². The van der Waals surface area contributed by atoms with Crippen molar-refractivity contribution in [1.82, 2.24) is 29.5 Å². The Hall–Kier alpha value is -2.81. The quantitative estimate of drug-likeness (QED) is 0.399. The summed E-state index contributed by atoms with van der Waals surface area (Å²) in [5.74, 6) is 1.16. The molecule has 0 spiro atoms. The van der Waals surface area contributed by atoms with E-state index in [0.717, 1.165) is 36.0 Å². The van der Waals surface area contributed by atoms with Crippen LogP contribution in [0.2, 0.25) is 0 Å². The Morgan fingerprint density at radius 3 is 2.62 bits per heavy atom. The molecule has 0 unspecified atom stereocenters. The van der Waals surface area contributed by atoms with Crippen molar-refractivity contribution in [2.45, 2.75) is 65.0 Å². The van der Waals surface area contributed by atoms with Crippen LogP contribution in [0.4, 0.5) is 11.9 Å². The Morgan fingerprint density at radius 2 is 1.90 bits per heavy atom. The van der Waals surface area contributed by atoms with Crippen molar-refractivity contribution in [3.8, 4) is 0 Å². The van der Waals surface area contributed by atoms with Crippen LogP contribution in [-0.2, 0) is 13.0 Å². The molecule has 29 heavy (non-hydrogen) atoms. The lowest BCUT2D eigenvalue weighted by atomic mass is 10.1. The average Bonchev–Trinajstić information content (AvgIpc) is 3.16. The minimum Gasteiger partial charge on any atom is -0.396 e. The predicted molar refractivity (Wildman–Crippen MR) is 113 cm³/mol. The molecular weight excluding hydrogens is 368 g/mol. The van der Waals surface area contributed by atoms with E-state index in [-0.39, 0.29) is 12.6 Å². The third-order valence-electron chi connectivity index (χ3n) is 4.85. The number of nitrogens with zero attached hydrogens (tertiary/aromatic N) is 6. The molecule has 1 atom stereocenters. The van der Waals surface area contributed by atoms with Gasteiger partial charge in [0.15, 0.2) is 5.65 Å². The maximum Gasteiger partial charge on any atom is 0.229 e. The molecule has 3 aromatic heterocycles. The lowest BCUT2D eigenvalue weighted by molar-refractivity contribution is 0.275. The molecule has 3 aromatic rings. The third kappa shape index (κ3) is 5.60. The molecule has 156 valence electrons. The summed E-state index contributed by atoms with van der Waals surface area (Å²) in [6, 6.07) is 0.136. The first-order valence-corrected chi connectivity index (χ1v) is 10.3. The highest BCUT2D eigenvalue weighted by Crippen LogP contribution is 2.18. The van der Waals surface area contributed by atoms with Gasteiger partial charge in [-0.15, -0.1) is 0 Å². The van der Waals surface area contributed by atoms with Gasteiger partial charge in [0.25, 0.3) is 0 Å². The van der Waals surface area contributed by atoms with Gasteiger partial charge in [-0.25, -0.2) is 9.97 Å². The van der Waals surface area contributed by atoms with E-state index < -0.39 is 0 Å². The van der Waals surface area contributed by atoms with Gasteiger partial charge in [-0.2, -0.15) is 19.6 Å². The molecule has 0 aromatic carbocycles. The summed E-state index contributed by atoms with van der Waals surface area (Å²) in [5.41, 5.74) is 2.80. The van der Waals surface area contributed by atoms with Gasteiger partial charge < -0.3 is 15.7 Å². The Morgan fingerprint density at radius 1 is 1.07 bits per heavy atom. The average molecular weight is 399 g/mol. The van der Waals surface area contributed by atoms with Gasteiger partial charge in [-0.05, 0) is 19.3 Å². The second-order valence-corrected chi connectivity index (χ2v) is 7.08. The van der Waals surface area contributed by atoms with Crippen molar-refractivity contribution in [3.05, 3.63) is 36.0 Å². The number of unbranched alkanes of at least 4 members (excludes halogenated alkanes) is 2. The second-order valence-electron chi connectivity index (χ2n) is 7.08. The summed E-state index contributed by atoms with van der Waals surface area (Å²) in [5, 5.41) is 20.6. The first-order valence-electron chi connectivity index (χ1n) is 10.3. The number of rotatable bonds is 12. The van der Waals surface area contributed by atoms with Gasteiger partial charge >= 0.3 is 0 Å². The van der Waals surface area contributed by atoms with Crippen LogP contribution < -0.4 is 10.6 Å². The highest BCUT2D eigenvalue weighted by atomic mass is 16.3. The number of anilines is 2. The van der Waals surface area contributed by atoms with Crippen molar-refractivity contribution in [1.29, 1.82) is 0 Å². The van der Waals surface area contributed by atoms with E-state index in [1.165, 1.54) is 19.2 Å². The van der Waals surface area contributed by atoms with E-state index in [4.69, 9.17) is 4.98 Å². The van der Waals surface area contributed by atoms with Crippen LogP contribution in [0.5, 0.6) is 0 Å². The minimum atomic E-state index is 0.136. The van der Waals surface area contributed by atoms with Crippen LogP contribution in [0.1, 0.15) is 57.1 Å². The van der Waals surface area contributed by atoms with Crippen LogP contribution >= 0.6 is 0 Å². The Balaban J connectivity index is 1.84. The maximum atomic E-state index is 9.44. The molecule has 3 N–H and O–H groups in total. The first kappa shape index (κ1) is 20.9. The zero-order chi connectivity index (χ0) is 20.5. The molecule has 9 nitrogen and oxygen atoms in total. The third-order valence-corrected chi connectivity index (χ3v) is 4.85. The number of aromatic nitrogens is 6. The lowest BCUT2D eigenvalue weighted by Crippen LogP contribution is -2.23. The van der Waals surface area contributed by atoms with Crippen molar-refractivity contribution < 1.29 is 5.11 Å². The Labute approximate surface area is 171 Å². The van der Waals surface area contributed by atoms with Crippen molar-refractivity contribution >= 4 is 17.5 Å². The SMILES string of the molecule is CCCCC[C@@H](CCO)Nc1nc(NCc2cncnc2)n2ncc(CC)c2n1. The molecule has 0 aliphatic rings. The molecular formula is C20H30N8O. The van der Waals surface area contributed by atoms with E-state index in [9.17, 15) is 5.11 Å². The molecule has 0 radical (unpaired) electrons. The standard InChI is InChI=1S/C20H30N8O/c1-3-5-6-7-17(8-9-29)25-19-26-18-16(4-2)13-24-28(18)20(27-19)23-12-15-10-21-14-22-11-15/h10-11,13-14,17,29H,3-9,12H2,1-2H3,(H2,23,25,26,27)/t17-/m0/s1. The van der Waals surface area contributed by atoms with E-state index in [2.05, 4.69) is 44.5 Å². The van der Waals surface area contributed by atoms with Gasteiger partial charge in [-0.1, -0.05) is 33.1 Å². The molecule has 0 fully saturated rings. The van der Waals surface area contributed by atoms with Gasteiger partial charge in [0.2, 0.25) is 11.9 Å². The molecule has 9 heteroatoms. The molecule has 0 bridgehead atoms. The smallest absolute Gasteiger partial charge is 0.229 e. The minimum absolute atomic E-state index is 0.136. The number of aliphatic hydroxyl groups excluding tert-OH is 1. The number of aryl methyl sites for hydroxylation is 1. The second kappa shape index (κ2) is 10.7. The monoisotopic (exact) mass is 398 g/mol. The largest absolute Gasteiger partial charge is 0.396 e. The van der Waals surface area contributed by atoms with E-state index >= 15 is 0 Å². The fourth-order valence-electron chi connectivity index (χ4n) is 3.22. The van der Waals surface area contributed by atoms with Crippen LogP contribution in [-0.4, -0.2) is 47.3 Å². The molecule has 3 rings (SSSR count). The number of hydrogen-bond acceptors (Lipinski definition) is 8. The van der Waals surface area contributed by atoms with E-state index in [0.29, 0.717) is 24.9 Å². The van der Waals surface area contributed by atoms with Crippen LogP contribution in [0.15, 0.2) is 24.9 Å². The molecule has 0 aliphatic heterocycles. The van der Waals surface area contributed by atoms with E-state index in [1.54, 1.807) is 16.9 Å². The van der Waals surface area contributed by atoms with Crippen molar-refractivity contribution in [2.24, 2.45) is 0 Å². The number of aliphatic hydroxyl groups is 1. The Bertz CT molecular complexity index is 883. The van der Waals surface area contributed by atoms with Crippen molar-refractivity contribution in [3.63, 3.8) is 0 Å². The van der Waals surface area contributed by atoms with Crippen molar-refractivity contribution in [2.75, 3.05) is 17.2 Å². The van der Waals surface area contributed by atoms with Crippen LogP contribution in [0.25, 0.3) is 5.65 Å². The normalized spacial score (nSPS) is 12.2. The fraction of sp³-hybridized carbons (Fsp3) is 0.550. The summed E-state index contributed by atoms with van der Waals surface area (Å²) in [7, 11) is 0. The maximum absolute atomic E-state index is 9.44. The topological polar surface area (TPSA) is 113 Å². The number of nitrogens with one attached hydrogen (secondary N) is 2. The number of fused-ring (bicyclic) bond motifs is 1. The molecule has 0 amide bonds. The van der Waals surface area contributed by atoms with Gasteiger partial charge in [0.1, 0.15) is 6.33 Å². The molecule has 0 saturated heterocycles. The lowest BCUT2D eigenvalue weighted by Gasteiger charge is -2.18. The zero-order valence-corrected chi connectivity index (χ0v) is 17.2. The van der Waals surface area contributed by atoms with Crippen LogP contribution in [0, 0.1) is 0 Å². The zero-order valence-electron chi connectivity index (χ0n) is 17.2. The first-order chi connectivity index (χ1) is 14.2. The highest BCUT2D eigenvalue weighted by molar-refractivity contribution is 5.54. The van der Waals surface area contributed by atoms with E-state index in [1.807, 2.05) is 6.20 Å². The van der Waals surface area contributed by atoms with Crippen LogP contribution in [0.3, 0.4) is 0 Å². The highest BCUT2D eigenvalue weighted by Gasteiger charge is 2.15. The van der Waals surface area contributed by atoms with Gasteiger partial charge in [-0.3, -0.25) is 0 Å². The summed E-state index contributed by atoms with van der Waals surface area (Å²) in [6.45, 7) is 4.94. The predicted octanol–water partition coefficient (Wildman–Crippen LogP) is 2.83. The summed E-state index contributed by atoms with van der Waals surface area (Å²) >= 11 is 0. The Kier molecular flexibility index (Phi) is 7.69. The van der Waals surface area contributed by atoms with Gasteiger partial charge in [0, 0.05) is 42.7 Å². The summed E-state index contributed by atoms with van der Waals surface area (Å²) in [6.07, 6.45) is 12.8. The molecule has 0 aliphatic carbocycles. The summed E-state index contributed by atoms with van der Waals surface area (Å²) < 4.78 is 1.73. The molecule has 0 saturated carbocycles. The fourth-order valence-corrected chi connectivity index (χ4v) is 3.22. The summed E-state index contributed by atoms with van der Waals surface area (Å²) in [4.78, 5) is 17.5. The molecule has 3 heterocycles.